The predicted octanol–water partition coefficient (Wildman–Crippen LogP) is 2.06. The van der Waals surface area contributed by atoms with E-state index in [0.29, 0.717) is 18.7 Å². The number of nitriles is 1. The van der Waals surface area contributed by atoms with E-state index < -0.39 is 17.8 Å². The number of ketones is 1. The zero-order valence-corrected chi connectivity index (χ0v) is 12.4. The first-order valence-corrected chi connectivity index (χ1v) is 6.81. The van der Waals surface area contributed by atoms with E-state index >= 15 is 0 Å². The zero-order chi connectivity index (χ0) is 16.3. The largest absolute Gasteiger partial charge is 0.381 e. The van der Waals surface area contributed by atoms with Gasteiger partial charge >= 0.3 is 0 Å². The highest BCUT2D eigenvalue weighted by Crippen LogP contribution is 2.25. The van der Waals surface area contributed by atoms with Gasteiger partial charge in [-0.1, -0.05) is 0 Å². The molecule has 0 saturated carbocycles. The van der Waals surface area contributed by atoms with E-state index in [4.69, 9.17) is 0 Å². The van der Waals surface area contributed by atoms with E-state index in [9.17, 15) is 18.8 Å². The van der Waals surface area contributed by atoms with Gasteiger partial charge in [-0.05, 0) is 18.6 Å². The van der Waals surface area contributed by atoms with E-state index in [1.165, 1.54) is 17.0 Å². The van der Waals surface area contributed by atoms with Gasteiger partial charge in [-0.3, -0.25) is 4.79 Å². The maximum Gasteiger partial charge on any atom is 0.241 e. The van der Waals surface area contributed by atoms with Gasteiger partial charge in [-0.2, -0.15) is 5.26 Å². The number of allylic oxidation sites excluding steroid dienone is 1. The molecule has 0 N–H and O–H groups in total. The summed E-state index contributed by atoms with van der Waals surface area (Å²) in [6.45, 7) is 0.679. The zero-order valence-electron chi connectivity index (χ0n) is 12.4. The molecule has 0 bridgehead atoms. The average molecular weight is 306 g/mol. The Morgan fingerprint density at radius 2 is 2.27 bits per heavy atom. The third-order valence-corrected chi connectivity index (χ3v) is 3.27. The number of nitrogens with zero attached hydrogens (tertiary/aromatic N) is 4. The van der Waals surface area contributed by atoms with Crippen LogP contribution in [0.5, 0.6) is 0 Å². The highest BCUT2D eigenvalue weighted by molar-refractivity contribution is 6.05. The summed E-state index contributed by atoms with van der Waals surface area (Å²) in [5.41, 5.74) is 0.320. The number of hydrogen-bond acceptors (Lipinski definition) is 5. The molecule has 1 fully saturated rings. The Kier molecular flexibility index (Phi) is 4.71. The van der Waals surface area contributed by atoms with Crippen molar-refractivity contribution in [2.45, 2.75) is 12.6 Å². The standard InChI is InChI=1S/C15H16F2N4O/c1-20(2)9-11(17)15(22)12-3-4-14(13(7-18)19-12)21-6-5-10(16)8-21/h3-4,9-10H,5-6,8H2,1-2H3/b11-9-/t10-/m0/s1. The number of rotatable bonds is 4. The number of anilines is 1. The fraction of sp³-hybridized carbons (Fsp3) is 0.400. The maximum absolute atomic E-state index is 13.7. The molecule has 1 atom stereocenters. The Bertz CT molecular complexity index is 651. The number of halogens is 2. The normalized spacial score (nSPS) is 18.2. The van der Waals surface area contributed by atoms with Crippen molar-refractivity contribution in [3.05, 3.63) is 35.5 Å². The molecule has 7 heteroatoms. The molecular weight excluding hydrogens is 290 g/mol. The fourth-order valence-electron chi connectivity index (χ4n) is 2.26. The van der Waals surface area contributed by atoms with Gasteiger partial charge in [0.1, 0.15) is 17.9 Å². The van der Waals surface area contributed by atoms with Crippen molar-refractivity contribution in [2.75, 3.05) is 32.1 Å². The minimum Gasteiger partial charge on any atom is -0.381 e. The minimum absolute atomic E-state index is 0.00222. The second-order valence-corrected chi connectivity index (χ2v) is 5.28. The number of alkyl halides is 1. The molecule has 2 heterocycles. The van der Waals surface area contributed by atoms with E-state index in [1.807, 2.05) is 6.07 Å². The summed E-state index contributed by atoms with van der Waals surface area (Å²) >= 11 is 0. The number of carbonyl (C=O) groups excluding carboxylic acids is 1. The first-order valence-electron chi connectivity index (χ1n) is 6.81. The molecule has 1 aromatic rings. The lowest BCUT2D eigenvalue weighted by Gasteiger charge is -2.18. The summed E-state index contributed by atoms with van der Waals surface area (Å²) in [5.74, 6) is -1.85. The van der Waals surface area contributed by atoms with Crippen molar-refractivity contribution in [3.63, 3.8) is 0 Å². The van der Waals surface area contributed by atoms with Crippen molar-refractivity contribution in [1.29, 1.82) is 5.26 Å². The quantitative estimate of drug-likeness (QED) is 0.629. The molecule has 5 nitrogen and oxygen atoms in total. The third kappa shape index (κ3) is 3.39. The van der Waals surface area contributed by atoms with Gasteiger partial charge in [0.15, 0.2) is 11.5 Å². The summed E-state index contributed by atoms with van der Waals surface area (Å²) in [4.78, 5) is 18.9. The molecule has 1 saturated heterocycles. The molecule has 0 unspecified atom stereocenters. The van der Waals surface area contributed by atoms with Gasteiger partial charge in [0, 0.05) is 33.4 Å². The monoisotopic (exact) mass is 306 g/mol. The van der Waals surface area contributed by atoms with Crippen molar-refractivity contribution in [1.82, 2.24) is 9.88 Å². The smallest absolute Gasteiger partial charge is 0.241 e. The summed E-state index contributed by atoms with van der Waals surface area (Å²) in [6.07, 6.45) is 0.498. The molecule has 0 radical (unpaired) electrons. The van der Waals surface area contributed by atoms with Gasteiger partial charge in [-0.15, -0.1) is 0 Å². The molecule has 116 valence electrons. The van der Waals surface area contributed by atoms with Crippen molar-refractivity contribution >= 4 is 11.5 Å². The van der Waals surface area contributed by atoms with Gasteiger partial charge in [-0.25, -0.2) is 13.8 Å². The summed E-state index contributed by atoms with van der Waals surface area (Å²) in [6, 6.07) is 4.75. The Labute approximate surface area is 127 Å². The molecular formula is C15H16F2N4O. The number of pyridine rings is 1. The van der Waals surface area contributed by atoms with Crippen molar-refractivity contribution < 1.29 is 13.6 Å². The van der Waals surface area contributed by atoms with Crippen LogP contribution in [0.2, 0.25) is 0 Å². The van der Waals surface area contributed by atoms with Gasteiger partial charge in [0.05, 0.1) is 5.69 Å². The molecule has 0 aromatic carbocycles. The summed E-state index contributed by atoms with van der Waals surface area (Å²) in [5, 5.41) is 9.17. The maximum atomic E-state index is 13.7. The van der Waals surface area contributed by atoms with Crippen LogP contribution in [0.25, 0.3) is 0 Å². The minimum atomic E-state index is -0.959. The lowest BCUT2D eigenvalue weighted by Crippen LogP contribution is -2.22. The number of Topliss-reactive ketones (excluding diaryl/α,β-unsaturated/α-hetero) is 1. The first-order chi connectivity index (χ1) is 10.4. The summed E-state index contributed by atoms with van der Waals surface area (Å²) < 4.78 is 27.0. The lowest BCUT2D eigenvalue weighted by molar-refractivity contribution is 0.0997. The number of aromatic nitrogens is 1. The van der Waals surface area contributed by atoms with Crippen LogP contribution in [0.15, 0.2) is 24.2 Å². The van der Waals surface area contributed by atoms with Crippen LogP contribution in [0.4, 0.5) is 14.5 Å². The Balaban J connectivity index is 2.30. The van der Waals surface area contributed by atoms with Crippen LogP contribution in [0.3, 0.4) is 0 Å². The van der Waals surface area contributed by atoms with E-state index in [2.05, 4.69) is 4.98 Å². The second kappa shape index (κ2) is 6.52. The first kappa shape index (κ1) is 15.9. The van der Waals surface area contributed by atoms with Crippen LogP contribution in [0, 0.1) is 11.3 Å². The number of hydrogen-bond donors (Lipinski definition) is 0. The molecule has 1 aliphatic heterocycles. The van der Waals surface area contributed by atoms with Crippen LogP contribution in [-0.4, -0.2) is 49.0 Å². The highest BCUT2D eigenvalue weighted by Gasteiger charge is 2.25. The fourth-order valence-corrected chi connectivity index (χ4v) is 2.26. The molecule has 1 aliphatic rings. The van der Waals surface area contributed by atoms with Gasteiger partial charge in [0.25, 0.3) is 0 Å². The molecule has 22 heavy (non-hydrogen) atoms. The van der Waals surface area contributed by atoms with E-state index in [-0.39, 0.29) is 17.9 Å². The molecule has 1 aromatic heterocycles. The van der Waals surface area contributed by atoms with Crippen LogP contribution < -0.4 is 4.90 Å². The molecule has 0 spiro atoms. The Morgan fingerprint density at radius 3 is 2.82 bits per heavy atom. The van der Waals surface area contributed by atoms with Crippen molar-refractivity contribution in [2.24, 2.45) is 0 Å². The van der Waals surface area contributed by atoms with Crippen LogP contribution >= 0.6 is 0 Å². The number of carbonyl (C=O) groups is 1. The average Bonchev–Trinajstić information content (AvgIpc) is 2.91. The lowest BCUT2D eigenvalue weighted by atomic mass is 10.2. The Hall–Kier alpha value is -2.49. The molecule has 0 amide bonds. The van der Waals surface area contributed by atoms with E-state index in [0.717, 1.165) is 6.20 Å². The molecule has 0 aliphatic carbocycles. The van der Waals surface area contributed by atoms with Crippen molar-refractivity contribution in [3.8, 4) is 6.07 Å². The highest BCUT2D eigenvalue weighted by atomic mass is 19.1. The summed E-state index contributed by atoms with van der Waals surface area (Å²) in [7, 11) is 3.18. The molecule has 2 rings (SSSR count). The third-order valence-electron chi connectivity index (χ3n) is 3.27. The Morgan fingerprint density at radius 1 is 1.55 bits per heavy atom. The van der Waals surface area contributed by atoms with Gasteiger partial charge < -0.3 is 9.80 Å². The van der Waals surface area contributed by atoms with Gasteiger partial charge in [0.2, 0.25) is 5.78 Å². The van der Waals surface area contributed by atoms with E-state index in [1.54, 1.807) is 19.0 Å². The second-order valence-electron chi connectivity index (χ2n) is 5.28. The van der Waals surface area contributed by atoms with Crippen LogP contribution in [-0.2, 0) is 0 Å². The predicted molar refractivity (Wildman–Crippen MR) is 77.9 cm³/mol. The SMILES string of the molecule is CN(C)/C=C(\F)C(=O)c1ccc(N2CC[C@H](F)C2)c(C#N)n1. The van der Waals surface area contributed by atoms with Crippen LogP contribution in [0.1, 0.15) is 22.6 Å². The topological polar surface area (TPSA) is 60.2 Å².